The molecule has 0 nitrogen and oxygen atoms in total. The highest BCUT2D eigenvalue weighted by atomic mass is 35.5. The van der Waals surface area contributed by atoms with Crippen LogP contribution in [-0.2, 0) is 0 Å². The maximum absolute atomic E-state index is 6.00. The van der Waals surface area contributed by atoms with Crippen LogP contribution in [0.1, 0.15) is 44.7 Å². The summed E-state index contributed by atoms with van der Waals surface area (Å²) in [4.78, 5) is 0. The minimum atomic E-state index is 0.306. The highest BCUT2D eigenvalue weighted by molar-refractivity contribution is 6.31. The van der Waals surface area contributed by atoms with Gasteiger partial charge >= 0.3 is 0 Å². The lowest BCUT2D eigenvalue weighted by Crippen LogP contribution is -2.15. The molecular formula is C13H19Cl. The Kier molecular flexibility index (Phi) is 3.26. The minimum absolute atomic E-state index is 0.306. The summed E-state index contributed by atoms with van der Waals surface area (Å²) in [6, 6.07) is 6.32. The quantitative estimate of drug-likeness (QED) is 0.625. The van der Waals surface area contributed by atoms with Gasteiger partial charge in [-0.3, -0.25) is 0 Å². The molecule has 0 heterocycles. The van der Waals surface area contributed by atoms with Gasteiger partial charge in [0.05, 0.1) is 0 Å². The molecule has 14 heavy (non-hydrogen) atoms. The molecule has 1 atom stereocenters. The number of benzene rings is 1. The summed E-state index contributed by atoms with van der Waals surface area (Å²) >= 11 is 6.00. The van der Waals surface area contributed by atoms with Crippen LogP contribution in [-0.4, -0.2) is 0 Å². The van der Waals surface area contributed by atoms with Crippen molar-refractivity contribution in [1.29, 1.82) is 0 Å². The van der Waals surface area contributed by atoms with Crippen molar-refractivity contribution in [2.45, 2.75) is 40.5 Å². The Labute approximate surface area is 92.3 Å². The molecule has 0 aliphatic carbocycles. The number of rotatable bonds is 1. The second-order valence-corrected chi connectivity index (χ2v) is 5.50. The average Bonchev–Trinajstić information content (AvgIpc) is 2.07. The molecule has 0 spiro atoms. The van der Waals surface area contributed by atoms with Crippen molar-refractivity contribution < 1.29 is 0 Å². The smallest absolute Gasteiger partial charge is 0.0435 e. The summed E-state index contributed by atoms with van der Waals surface area (Å²) in [5.74, 6) is 0.554. The van der Waals surface area contributed by atoms with E-state index < -0.39 is 0 Å². The highest BCUT2D eigenvalue weighted by Gasteiger charge is 2.21. The number of hydrogen-bond acceptors (Lipinski definition) is 0. The van der Waals surface area contributed by atoms with Gasteiger partial charge in [0.1, 0.15) is 0 Å². The van der Waals surface area contributed by atoms with Crippen molar-refractivity contribution in [3.63, 3.8) is 0 Å². The molecule has 0 N–H and O–H groups in total. The molecular weight excluding hydrogens is 192 g/mol. The molecule has 0 bridgehead atoms. The Morgan fingerprint density at radius 2 is 1.79 bits per heavy atom. The normalized spacial score (nSPS) is 14.1. The Morgan fingerprint density at radius 1 is 1.21 bits per heavy atom. The first kappa shape index (κ1) is 11.6. The standard InChI is InChI=1S/C13H19Cl/c1-9-8-11(6-7-12(9)14)10(2)13(3,4)5/h6-8,10H,1-5H3. The van der Waals surface area contributed by atoms with E-state index >= 15 is 0 Å². The van der Waals surface area contributed by atoms with Crippen LogP contribution in [0, 0.1) is 12.3 Å². The van der Waals surface area contributed by atoms with Gasteiger partial charge < -0.3 is 0 Å². The van der Waals surface area contributed by atoms with Gasteiger partial charge in [-0.1, -0.05) is 51.4 Å². The maximum atomic E-state index is 6.00. The SMILES string of the molecule is Cc1cc(C(C)C(C)(C)C)ccc1Cl. The van der Waals surface area contributed by atoms with Crippen LogP contribution < -0.4 is 0 Å². The second-order valence-electron chi connectivity index (χ2n) is 5.10. The lowest BCUT2D eigenvalue weighted by atomic mass is 9.77. The van der Waals surface area contributed by atoms with Crippen molar-refractivity contribution in [1.82, 2.24) is 0 Å². The lowest BCUT2D eigenvalue weighted by Gasteiger charge is -2.28. The predicted molar refractivity (Wildman–Crippen MR) is 64.1 cm³/mol. The Morgan fingerprint density at radius 3 is 2.21 bits per heavy atom. The van der Waals surface area contributed by atoms with Crippen LogP contribution in [0.25, 0.3) is 0 Å². The van der Waals surface area contributed by atoms with E-state index in [-0.39, 0.29) is 0 Å². The predicted octanol–water partition coefficient (Wildman–Crippen LogP) is 4.80. The summed E-state index contributed by atoms with van der Waals surface area (Å²) in [5.41, 5.74) is 2.85. The van der Waals surface area contributed by atoms with Gasteiger partial charge in [-0.05, 0) is 35.4 Å². The van der Waals surface area contributed by atoms with Crippen LogP contribution >= 0.6 is 11.6 Å². The Balaban J connectivity index is 3.03. The van der Waals surface area contributed by atoms with E-state index in [1.54, 1.807) is 0 Å². The van der Waals surface area contributed by atoms with Gasteiger partial charge in [-0.2, -0.15) is 0 Å². The summed E-state index contributed by atoms with van der Waals surface area (Å²) < 4.78 is 0. The summed E-state index contributed by atoms with van der Waals surface area (Å²) in [6.07, 6.45) is 0. The van der Waals surface area contributed by atoms with Gasteiger partial charge in [-0.15, -0.1) is 0 Å². The molecule has 1 heteroatoms. The first-order chi connectivity index (χ1) is 6.32. The highest BCUT2D eigenvalue weighted by Crippen LogP contribution is 2.35. The molecule has 1 aromatic carbocycles. The van der Waals surface area contributed by atoms with E-state index in [4.69, 9.17) is 11.6 Å². The number of hydrogen-bond donors (Lipinski definition) is 0. The molecule has 0 aliphatic rings. The van der Waals surface area contributed by atoms with Crippen molar-refractivity contribution in [2.24, 2.45) is 5.41 Å². The number of halogens is 1. The fourth-order valence-electron chi connectivity index (χ4n) is 1.44. The average molecular weight is 211 g/mol. The van der Waals surface area contributed by atoms with Gasteiger partial charge in [-0.25, -0.2) is 0 Å². The fourth-order valence-corrected chi connectivity index (χ4v) is 1.55. The topological polar surface area (TPSA) is 0 Å². The van der Waals surface area contributed by atoms with Crippen molar-refractivity contribution in [2.75, 3.05) is 0 Å². The van der Waals surface area contributed by atoms with Gasteiger partial charge in [0.15, 0.2) is 0 Å². The lowest BCUT2D eigenvalue weighted by molar-refractivity contribution is 0.339. The van der Waals surface area contributed by atoms with Gasteiger partial charge in [0, 0.05) is 5.02 Å². The molecule has 1 rings (SSSR count). The van der Waals surface area contributed by atoms with Crippen LogP contribution in [0.5, 0.6) is 0 Å². The zero-order valence-electron chi connectivity index (χ0n) is 9.69. The molecule has 1 aromatic rings. The van der Waals surface area contributed by atoms with Crippen LogP contribution in [0.2, 0.25) is 5.02 Å². The molecule has 1 unspecified atom stereocenters. The molecule has 0 saturated heterocycles. The second kappa shape index (κ2) is 3.94. The maximum Gasteiger partial charge on any atom is 0.0435 e. The van der Waals surface area contributed by atoms with Gasteiger partial charge in [0.2, 0.25) is 0 Å². The van der Waals surface area contributed by atoms with Crippen LogP contribution in [0.4, 0.5) is 0 Å². The zero-order chi connectivity index (χ0) is 10.9. The van der Waals surface area contributed by atoms with Crippen molar-refractivity contribution in [3.8, 4) is 0 Å². The zero-order valence-corrected chi connectivity index (χ0v) is 10.4. The minimum Gasteiger partial charge on any atom is -0.0841 e. The third kappa shape index (κ3) is 2.51. The first-order valence-electron chi connectivity index (χ1n) is 5.08. The molecule has 0 amide bonds. The monoisotopic (exact) mass is 210 g/mol. The van der Waals surface area contributed by atoms with E-state index in [9.17, 15) is 0 Å². The summed E-state index contributed by atoms with van der Waals surface area (Å²) in [5, 5.41) is 0.856. The molecule has 78 valence electrons. The fraction of sp³-hybridized carbons (Fsp3) is 0.538. The van der Waals surface area contributed by atoms with Gasteiger partial charge in [0.25, 0.3) is 0 Å². The Bertz CT molecular complexity index is 320. The Hall–Kier alpha value is -0.490. The first-order valence-corrected chi connectivity index (χ1v) is 5.46. The van der Waals surface area contributed by atoms with Crippen molar-refractivity contribution in [3.05, 3.63) is 34.3 Å². The van der Waals surface area contributed by atoms with Crippen LogP contribution in [0.15, 0.2) is 18.2 Å². The molecule has 0 saturated carbocycles. The third-order valence-corrected chi connectivity index (χ3v) is 3.41. The van der Waals surface area contributed by atoms with E-state index in [1.165, 1.54) is 11.1 Å². The number of aryl methyl sites for hydroxylation is 1. The largest absolute Gasteiger partial charge is 0.0841 e. The van der Waals surface area contributed by atoms with E-state index in [0.29, 0.717) is 11.3 Å². The van der Waals surface area contributed by atoms with E-state index in [0.717, 1.165) is 5.02 Å². The third-order valence-electron chi connectivity index (χ3n) is 2.98. The van der Waals surface area contributed by atoms with E-state index in [1.807, 2.05) is 6.07 Å². The molecule has 0 radical (unpaired) electrons. The van der Waals surface area contributed by atoms with Crippen molar-refractivity contribution >= 4 is 11.6 Å². The molecule has 0 aromatic heterocycles. The van der Waals surface area contributed by atoms with Crippen LogP contribution in [0.3, 0.4) is 0 Å². The molecule has 0 aliphatic heterocycles. The summed E-state index contributed by atoms with van der Waals surface area (Å²) in [6.45, 7) is 11.1. The van der Waals surface area contributed by atoms with E-state index in [2.05, 4.69) is 46.8 Å². The summed E-state index contributed by atoms with van der Waals surface area (Å²) in [7, 11) is 0. The molecule has 0 fully saturated rings.